The number of carbonyl (C=O) groups is 1. The normalized spacial score (nSPS) is 10.8. The molecule has 27 heavy (non-hydrogen) atoms. The third-order valence-corrected chi connectivity index (χ3v) is 5.12. The van der Waals surface area contributed by atoms with Crippen molar-refractivity contribution in [3.63, 3.8) is 0 Å². The van der Waals surface area contributed by atoms with Gasteiger partial charge in [-0.25, -0.2) is 4.98 Å². The van der Waals surface area contributed by atoms with Crippen molar-refractivity contribution >= 4 is 38.3 Å². The molecule has 1 amide bonds. The number of thiazole rings is 1. The zero-order chi connectivity index (χ0) is 19.4. The standard InChI is InChI=1S/C19H22N4O3S/c1-12-11-13(7-8-20-12)18(24)22-19-21-16-15(26-4)6-5-14(17(16)27-19)23(2)9-10-25-3/h5-8,11H,9-10H2,1-4H3,(H,21,22,24). The second kappa shape index (κ2) is 8.32. The fourth-order valence-electron chi connectivity index (χ4n) is 2.69. The Hall–Kier alpha value is -2.71. The molecule has 3 rings (SSSR count). The van der Waals surface area contributed by atoms with Crippen LogP contribution in [0.3, 0.4) is 0 Å². The van der Waals surface area contributed by atoms with E-state index in [9.17, 15) is 4.79 Å². The number of aromatic nitrogens is 2. The van der Waals surface area contributed by atoms with Crippen molar-refractivity contribution in [3.8, 4) is 5.75 Å². The van der Waals surface area contributed by atoms with Crippen LogP contribution in [-0.4, -0.2) is 50.3 Å². The van der Waals surface area contributed by atoms with E-state index in [0.717, 1.165) is 28.1 Å². The summed E-state index contributed by atoms with van der Waals surface area (Å²) in [6, 6.07) is 7.30. The molecule has 0 saturated heterocycles. The summed E-state index contributed by atoms with van der Waals surface area (Å²) >= 11 is 1.42. The molecule has 0 unspecified atom stereocenters. The molecule has 3 aromatic rings. The number of pyridine rings is 1. The molecule has 0 saturated carbocycles. The molecule has 2 heterocycles. The van der Waals surface area contributed by atoms with Crippen LogP contribution in [0.4, 0.5) is 10.8 Å². The van der Waals surface area contributed by atoms with Gasteiger partial charge < -0.3 is 14.4 Å². The molecule has 0 fully saturated rings. The smallest absolute Gasteiger partial charge is 0.257 e. The molecule has 0 aliphatic heterocycles. The van der Waals surface area contributed by atoms with Crippen molar-refractivity contribution < 1.29 is 14.3 Å². The quantitative estimate of drug-likeness (QED) is 0.671. The third-order valence-electron chi connectivity index (χ3n) is 4.13. The number of anilines is 2. The molecule has 142 valence electrons. The number of benzene rings is 1. The molecule has 0 atom stereocenters. The molecule has 0 aliphatic rings. The first-order valence-electron chi connectivity index (χ1n) is 8.45. The molecular weight excluding hydrogens is 364 g/mol. The van der Waals surface area contributed by atoms with Crippen molar-refractivity contribution in [1.82, 2.24) is 9.97 Å². The number of ether oxygens (including phenoxy) is 2. The Morgan fingerprint density at radius 2 is 2.11 bits per heavy atom. The largest absolute Gasteiger partial charge is 0.494 e. The monoisotopic (exact) mass is 386 g/mol. The van der Waals surface area contributed by atoms with Crippen molar-refractivity contribution in [3.05, 3.63) is 41.7 Å². The lowest BCUT2D eigenvalue weighted by atomic mass is 10.2. The summed E-state index contributed by atoms with van der Waals surface area (Å²) in [5.41, 5.74) is 3.08. The lowest BCUT2D eigenvalue weighted by molar-refractivity contribution is 0.102. The summed E-state index contributed by atoms with van der Waals surface area (Å²) in [6.07, 6.45) is 1.62. The lowest BCUT2D eigenvalue weighted by Gasteiger charge is -2.19. The third kappa shape index (κ3) is 4.17. The van der Waals surface area contributed by atoms with Crippen LogP contribution in [0.5, 0.6) is 5.75 Å². The maximum atomic E-state index is 12.5. The number of methoxy groups -OCH3 is 2. The van der Waals surface area contributed by atoms with Gasteiger partial charge in [0.1, 0.15) is 11.3 Å². The van der Waals surface area contributed by atoms with Crippen LogP contribution < -0.4 is 15.0 Å². The van der Waals surface area contributed by atoms with Crippen LogP contribution in [-0.2, 0) is 4.74 Å². The Balaban J connectivity index is 1.94. The van der Waals surface area contributed by atoms with Crippen LogP contribution in [0, 0.1) is 6.92 Å². The molecule has 0 bridgehead atoms. The predicted molar refractivity (Wildman–Crippen MR) is 108 cm³/mol. The van der Waals surface area contributed by atoms with Gasteiger partial charge in [-0.3, -0.25) is 15.1 Å². The summed E-state index contributed by atoms with van der Waals surface area (Å²) < 4.78 is 11.6. The fraction of sp³-hybridized carbons (Fsp3) is 0.316. The van der Waals surface area contributed by atoms with Gasteiger partial charge in [-0.15, -0.1) is 0 Å². The first-order chi connectivity index (χ1) is 13.0. The number of carbonyl (C=O) groups excluding carboxylic acids is 1. The highest BCUT2D eigenvalue weighted by Gasteiger charge is 2.17. The topological polar surface area (TPSA) is 76.6 Å². The fourth-order valence-corrected chi connectivity index (χ4v) is 3.74. The number of hydrogen-bond donors (Lipinski definition) is 1. The Kier molecular flexibility index (Phi) is 5.88. The maximum Gasteiger partial charge on any atom is 0.257 e. The van der Waals surface area contributed by atoms with E-state index in [1.807, 2.05) is 26.1 Å². The zero-order valence-electron chi connectivity index (χ0n) is 15.8. The van der Waals surface area contributed by atoms with Gasteiger partial charge in [-0.1, -0.05) is 11.3 Å². The van der Waals surface area contributed by atoms with Crippen molar-refractivity contribution in [2.75, 3.05) is 44.6 Å². The Bertz CT molecular complexity index is 957. The number of hydrogen-bond acceptors (Lipinski definition) is 7. The number of rotatable bonds is 7. The van der Waals surface area contributed by atoms with Gasteiger partial charge in [0.05, 0.1) is 24.1 Å². The number of amides is 1. The SMILES string of the molecule is COCCN(C)c1ccc(OC)c2nc(NC(=O)c3ccnc(C)c3)sc12. The molecule has 7 nitrogen and oxygen atoms in total. The van der Waals surface area contributed by atoms with Crippen LogP contribution in [0.15, 0.2) is 30.5 Å². The van der Waals surface area contributed by atoms with Gasteiger partial charge in [0.15, 0.2) is 5.13 Å². The van der Waals surface area contributed by atoms with Crippen LogP contribution in [0.25, 0.3) is 10.2 Å². The Morgan fingerprint density at radius 3 is 2.81 bits per heavy atom. The summed E-state index contributed by atoms with van der Waals surface area (Å²) in [4.78, 5) is 23.3. The van der Waals surface area contributed by atoms with Crippen LogP contribution >= 0.6 is 11.3 Å². The van der Waals surface area contributed by atoms with Crippen molar-refractivity contribution in [2.24, 2.45) is 0 Å². The molecular formula is C19H22N4O3S. The van der Waals surface area contributed by atoms with Crippen molar-refractivity contribution in [2.45, 2.75) is 6.92 Å². The van der Waals surface area contributed by atoms with Gasteiger partial charge in [-0.2, -0.15) is 0 Å². The average molecular weight is 386 g/mol. The summed E-state index contributed by atoms with van der Waals surface area (Å²) in [6.45, 7) is 3.21. The Morgan fingerprint density at radius 1 is 1.30 bits per heavy atom. The molecule has 1 aromatic carbocycles. The molecule has 0 radical (unpaired) electrons. The number of aryl methyl sites for hydroxylation is 1. The highest BCUT2D eigenvalue weighted by Crippen LogP contribution is 2.39. The number of fused-ring (bicyclic) bond motifs is 1. The second-order valence-electron chi connectivity index (χ2n) is 6.04. The Labute approximate surface area is 162 Å². The molecule has 0 spiro atoms. The van der Waals surface area contributed by atoms with E-state index in [1.165, 1.54) is 11.3 Å². The first-order valence-corrected chi connectivity index (χ1v) is 9.26. The molecule has 0 aliphatic carbocycles. The van der Waals surface area contributed by atoms with Gasteiger partial charge in [0.2, 0.25) is 0 Å². The maximum absolute atomic E-state index is 12.5. The van der Waals surface area contributed by atoms with E-state index >= 15 is 0 Å². The second-order valence-corrected chi connectivity index (χ2v) is 7.04. The van der Waals surface area contributed by atoms with Gasteiger partial charge >= 0.3 is 0 Å². The first kappa shape index (κ1) is 19.1. The van der Waals surface area contributed by atoms with E-state index in [1.54, 1.807) is 32.5 Å². The number of nitrogens with zero attached hydrogens (tertiary/aromatic N) is 3. The average Bonchev–Trinajstić information content (AvgIpc) is 3.08. The van der Waals surface area contributed by atoms with Crippen LogP contribution in [0.2, 0.25) is 0 Å². The highest BCUT2D eigenvalue weighted by molar-refractivity contribution is 7.23. The van der Waals surface area contributed by atoms with Gasteiger partial charge in [0, 0.05) is 38.2 Å². The summed E-state index contributed by atoms with van der Waals surface area (Å²) in [7, 11) is 5.29. The van der Waals surface area contributed by atoms with Crippen LogP contribution in [0.1, 0.15) is 16.1 Å². The van der Waals surface area contributed by atoms with E-state index in [2.05, 4.69) is 20.2 Å². The number of likely N-dealkylation sites (N-methyl/N-ethyl adjacent to an activating group) is 1. The van der Waals surface area contributed by atoms with E-state index in [0.29, 0.717) is 23.1 Å². The van der Waals surface area contributed by atoms with Gasteiger partial charge in [-0.05, 0) is 31.2 Å². The van der Waals surface area contributed by atoms with Gasteiger partial charge in [0.25, 0.3) is 5.91 Å². The highest BCUT2D eigenvalue weighted by atomic mass is 32.1. The summed E-state index contributed by atoms with van der Waals surface area (Å²) in [5.74, 6) is 0.457. The van der Waals surface area contributed by atoms with E-state index in [4.69, 9.17) is 9.47 Å². The molecule has 8 heteroatoms. The minimum absolute atomic E-state index is 0.215. The molecule has 1 N–H and O–H groups in total. The molecule has 2 aromatic heterocycles. The van der Waals surface area contributed by atoms with Crippen molar-refractivity contribution in [1.29, 1.82) is 0 Å². The lowest BCUT2D eigenvalue weighted by Crippen LogP contribution is -2.22. The summed E-state index contributed by atoms with van der Waals surface area (Å²) in [5, 5.41) is 3.40. The van der Waals surface area contributed by atoms with E-state index < -0.39 is 0 Å². The minimum Gasteiger partial charge on any atom is -0.494 e. The predicted octanol–water partition coefficient (Wildman–Crippen LogP) is 3.34. The zero-order valence-corrected chi connectivity index (χ0v) is 16.6. The number of nitrogens with one attached hydrogen (secondary N) is 1. The van der Waals surface area contributed by atoms with E-state index in [-0.39, 0.29) is 5.91 Å². The minimum atomic E-state index is -0.215.